The van der Waals surface area contributed by atoms with E-state index >= 15 is 0 Å². The molecule has 5 unspecified atom stereocenters. The van der Waals surface area contributed by atoms with Crippen molar-refractivity contribution < 1.29 is 30.0 Å². The molecule has 0 spiro atoms. The molecule has 8 nitrogen and oxygen atoms in total. The van der Waals surface area contributed by atoms with Crippen molar-refractivity contribution in [2.45, 2.75) is 37.6 Å². The van der Waals surface area contributed by atoms with Crippen LogP contribution in [0.1, 0.15) is 20.8 Å². The third kappa shape index (κ3) is 3.78. The Balaban J connectivity index is 1.71. The Labute approximate surface area is 153 Å². The van der Waals surface area contributed by atoms with Gasteiger partial charge in [0.2, 0.25) is 5.78 Å². The van der Waals surface area contributed by atoms with Crippen LogP contribution >= 0.6 is 11.3 Å². The molecule has 26 heavy (non-hydrogen) atoms. The molecule has 0 radical (unpaired) electrons. The van der Waals surface area contributed by atoms with Gasteiger partial charge in [-0.25, -0.2) is 4.98 Å². The number of rotatable bonds is 5. The molecule has 0 aliphatic carbocycles. The molecular weight excluding hydrogens is 360 g/mol. The number of anilines is 1. The summed E-state index contributed by atoms with van der Waals surface area (Å²) >= 11 is 1.08. The van der Waals surface area contributed by atoms with Crippen LogP contribution in [0.25, 0.3) is 0 Å². The number of carbonyl (C=O) groups excluding carboxylic acids is 1. The van der Waals surface area contributed by atoms with E-state index in [0.29, 0.717) is 15.6 Å². The maximum absolute atomic E-state index is 12.5. The molecule has 0 amide bonds. The van der Waals surface area contributed by atoms with Gasteiger partial charge in [0.05, 0.1) is 17.7 Å². The number of thiazole rings is 1. The van der Waals surface area contributed by atoms with Gasteiger partial charge < -0.3 is 30.5 Å². The number of nitrogens with one attached hydrogen (secondary N) is 1. The number of carbonyl (C=O) groups is 1. The Bertz CT molecular complexity index is 763. The van der Waals surface area contributed by atoms with Crippen molar-refractivity contribution in [3.63, 3.8) is 0 Å². The standard InChI is InChI=1S/C17H20N2O6S/c1-8-2-4-9(5-3-8)12(21)11-6-18-17(26-11)19-16-15(24)14(23)13(22)10(7-20)25-16/h2-6,10,13-16,20,22-24H,7H2,1H3,(H,18,19). The highest BCUT2D eigenvalue weighted by atomic mass is 32.1. The molecule has 1 saturated heterocycles. The Hall–Kier alpha value is -1.88. The van der Waals surface area contributed by atoms with Crippen LogP contribution in [0.5, 0.6) is 0 Å². The number of aryl methyl sites for hydroxylation is 1. The first-order chi connectivity index (χ1) is 12.4. The minimum atomic E-state index is -1.48. The van der Waals surface area contributed by atoms with Crippen molar-refractivity contribution >= 4 is 22.3 Å². The summed E-state index contributed by atoms with van der Waals surface area (Å²) in [5, 5.41) is 41.9. The normalized spacial score (nSPS) is 28.7. The van der Waals surface area contributed by atoms with E-state index in [-0.39, 0.29) is 5.78 Å². The van der Waals surface area contributed by atoms with Gasteiger partial charge in [-0.1, -0.05) is 41.2 Å². The van der Waals surface area contributed by atoms with Gasteiger partial charge in [0, 0.05) is 5.56 Å². The number of ether oxygens (including phenoxy) is 1. The Morgan fingerprint density at radius 1 is 1.19 bits per heavy atom. The molecule has 1 aliphatic rings. The quantitative estimate of drug-likeness (QED) is 0.454. The summed E-state index contributed by atoms with van der Waals surface area (Å²) < 4.78 is 5.36. The second-order valence-corrected chi connectivity index (χ2v) is 7.15. The summed E-state index contributed by atoms with van der Waals surface area (Å²) in [6, 6.07) is 7.17. The van der Waals surface area contributed by atoms with Crippen molar-refractivity contribution in [3.05, 3.63) is 46.5 Å². The fourth-order valence-corrected chi connectivity index (χ4v) is 3.44. The van der Waals surface area contributed by atoms with Gasteiger partial charge >= 0.3 is 0 Å². The summed E-state index contributed by atoms with van der Waals surface area (Å²) in [6.07, 6.45) is -5.01. The van der Waals surface area contributed by atoms with Gasteiger partial charge in [0.25, 0.3) is 0 Å². The molecule has 1 aliphatic heterocycles. The van der Waals surface area contributed by atoms with Crippen LogP contribution < -0.4 is 5.32 Å². The topological polar surface area (TPSA) is 132 Å². The second-order valence-electron chi connectivity index (χ2n) is 6.12. The fraction of sp³-hybridized carbons (Fsp3) is 0.412. The molecule has 5 atom stereocenters. The molecule has 1 aromatic carbocycles. The zero-order valence-electron chi connectivity index (χ0n) is 13.9. The lowest BCUT2D eigenvalue weighted by molar-refractivity contribution is -0.221. The number of aliphatic hydroxyl groups is 4. The molecule has 2 heterocycles. The zero-order valence-corrected chi connectivity index (χ0v) is 14.8. The zero-order chi connectivity index (χ0) is 18.8. The maximum atomic E-state index is 12.5. The van der Waals surface area contributed by atoms with Crippen LogP contribution in [-0.2, 0) is 4.74 Å². The molecule has 9 heteroatoms. The maximum Gasteiger partial charge on any atom is 0.204 e. The van der Waals surface area contributed by atoms with E-state index in [9.17, 15) is 25.2 Å². The van der Waals surface area contributed by atoms with E-state index in [2.05, 4.69) is 10.3 Å². The monoisotopic (exact) mass is 380 g/mol. The Morgan fingerprint density at radius 3 is 2.54 bits per heavy atom. The molecule has 140 valence electrons. The Kier molecular flexibility index (Phi) is 5.66. The highest BCUT2D eigenvalue weighted by molar-refractivity contribution is 7.17. The smallest absolute Gasteiger partial charge is 0.204 e. The molecule has 1 fully saturated rings. The van der Waals surface area contributed by atoms with Crippen molar-refractivity contribution in [1.29, 1.82) is 0 Å². The van der Waals surface area contributed by atoms with E-state index in [4.69, 9.17) is 4.74 Å². The summed E-state index contributed by atoms with van der Waals surface area (Å²) in [6.45, 7) is 1.42. The van der Waals surface area contributed by atoms with Gasteiger partial charge in [-0.2, -0.15) is 0 Å². The average Bonchev–Trinajstić information content (AvgIpc) is 3.11. The molecular formula is C17H20N2O6S. The summed E-state index contributed by atoms with van der Waals surface area (Å²) in [4.78, 5) is 17.0. The minimum Gasteiger partial charge on any atom is -0.394 e. The summed E-state index contributed by atoms with van der Waals surface area (Å²) in [5.41, 5.74) is 1.59. The molecule has 5 N–H and O–H groups in total. The summed E-state index contributed by atoms with van der Waals surface area (Å²) in [7, 11) is 0. The highest BCUT2D eigenvalue weighted by Crippen LogP contribution is 2.26. The van der Waals surface area contributed by atoms with Crippen LogP contribution in [0, 0.1) is 6.92 Å². The van der Waals surface area contributed by atoms with Crippen LogP contribution in [-0.4, -0.2) is 68.4 Å². The van der Waals surface area contributed by atoms with E-state index in [0.717, 1.165) is 16.9 Å². The first kappa shape index (κ1) is 18.9. The predicted octanol–water partition coefficient (Wildman–Crippen LogP) is -0.106. The first-order valence-corrected chi connectivity index (χ1v) is 8.86. The first-order valence-electron chi connectivity index (χ1n) is 8.05. The molecule has 2 aromatic rings. The lowest BCUT2D eigenvalue weighted by Gasteiger charge is -2.40. The lowest BCUT2D eigenvalue weighted by Crippen LogP contribution is -2.60. The molecule has 0 bridgehead atoms. The number of aliphatic hydroxyl groups excluding tert-OH is 4. The number of hydrogen-bond acceptors (Lipinski definition) is 9. The van der Waals surface area contributed by atoms with Crippen LogP contribution in [0.4, 0.5) is 5.13 Å². The van der Waals surface area contributed by atoms with Gasteiger partial charge in [0.1, 0.15) is 24.4 Å². The van der Waals surface area contributed by atoms with E-state index in [1.165, 1.54) is 6.20 Å². The largest absolute Gasteiger partial charge is 0.394 e. The minimum absolute atomic E-state index is 0.177. The van der Waals surface area contributed by atoms with Gasteiger partial charge in [-0.3, -0.25) is 4.79 Å². The van der Waals surface area contributed by atoms with Crippen molar-refractivity contribution in [2.24, 2.45) is 0 Å². The van der Waals surface area contributed by atoms with Crippen LogP contribution in [0.2, 0.25) is 0 Å². The van der Waals surface area contributed by atoms with E-state index < -0.39 is 37.3 Å². The predicted molar refractivity (Wildman–Crippen MR) is 94.1 cm³/mol. The van der Waals surface area contributed by atoms with E-state index in [1.807, 2.05) is 19.1 Å². The SMILES string of the molecule is Cc1ccc(C(=O)c2cnc(NC3OC(CO)C(O)C(O)C3O)s2)cc1. The fourth-order valence-electron chi connectivity index (χ4n) is 2.64. The van der Waals surface area contributed by atoms with Crippen molar-refractivity contribution in [2.75, 3.05) is 11.9 Å². The van der Waals surface area contributed by atoms with Gasteiger partial charge in [-0.05, 0) is 6.92 Å². The number of nitrogens with zero attached hydrogens (tertiary/aromatic N) is 1. The van der Waals surface area contributed by atoms with Gasteiger partial charge in [0.15, 0.2) is 11.4 Å². The van der Waals surface area contributed by atoms with Crippen LogP contribution in [0.3, 0.4) is 0 Å². The Morgan fingerprint density at radius 2 is 1.88 bits per heavy atom. The number of benzene rings is 1. The third-order valence-corrected chi connectivity index (χ3v) is 5.13. The molecule has 1 aromatic heterocycles. The van der Waals surface area contributed by atoms with Crippen LogP contribution in [0.15, 0.2) is 30.5 Å². The third-order valence-electron chi connectivity index (χ3n) is 4.20. The number of hydrogen-bond donors (Lipinski definition) is 5. The number of ketones is 1. The highest BCUT2D eigenvalue weighted by Gasteiger charge is 2.43. The second kappa shape index (κ2) is 7.78. The van der Waals surface area contributed by atoms with Crippen molar-refractivity contribution in [3.8, 4) is 0 Å². The lowest BCUT2D eigenvalue weighted by atomic mass is 9.98. The number of aromatic nitrogens is 1. The van der Waals surface area contributed by atoms with E-state index in [1.54, 1.807) is 12.1 Å². The van der Waals surface area contributed by atoms with Gasteiger partial charge in [-0.15, -0.1) is 0 Å². The molecule has 0 saturated carbocycles. The average molecular weight is 380 g/mol. The van der Waals surface area contributed by atoms with Crippen molar-refractivity contribution in [1.82, 2.24) is 4.98 Å². The summed E-state index contributed by atoms with van der Waals surface area (Å²) in [5.74, 6) is -0.177. The molecule has 3 rings (SSSR count).